The number of fused-ring (bicyclic) bond motifs is 1. The molecule has 0 radical (unpaired) electrons. The Morgan fingerprint density at radius 1 is 1.23 bits per heavy atom. The van der Waals surface area contributed by atoms with Gasteiger partial charge in [0.25, 0.3) is 5.56 Å². The highest BCUT2D eigenvalue weighted by Crippen LogP contribution is 2.20. The molecule has 1 fully saturated rings. The smallest absolute Gasteiger partial charge is 0.253 e. The summed E-state index contributed by atoms with van der Waals surface area (Å²) in [6, 6.07) is 16.3. The van der Waals surface area contributed by atoms with E-state index in [1.165, 1.54) is 0 Å². The molecule has 1 aliphatic heterocycles. The largest absolute Gasteiger partial charge is 0.376 e. The molecule has 5 nitrogen and oxygen atoms in total. The number of aromatic amines is 1. The summed E-state index contributed by atoms with van der Waals surface area (Å²) < 4.78 is 5.85. The molecule has 1 aliphatic rings. The molecule has 0 spiro atoms. The van der Waals surface area contributed by atoms with Crippen molar-refractivity contribution in [3.63, 3.8) is 0 Å². The molecule has 1 saturated heterocycles. The maximum Gasteiger partial charge on any atom is 0.253 e. The van der Waals surface area contributed by atoms with Crippen LogP contribution >= 0.6 is 12.2 Å². The molecule has 2 N–H and O–H groups in total. The lowest BCUT2D eigenvalue weighted by Crippen LogP contribution is -2.43. The van der Waals surface area contributed by atoms with E-state index >= 15 is 0 Å². The van der Waals surface area contributed by atoms with Gasteiger partial charge in [-0.15, -0.1) is 0 Å². The Morgan fingerprint density at radius 2 is 2.03 bits per heavy atom. The first-order valence-electron chi connectivity index (χ1n) is 10.8. The summed E-state index contributed by atoms with van der Waals surface area (Å²) in [5, 5.41) is 5.07. The van der Waals surface area contributed by atoms with E-state index in [0.717, 1.165) is 47.0 Å². The second kappa shape index (κ2) is 9.62. The number of hydrogen-bond donors (Lipinski definition) is 2. The van der Waals surface area contributed by atoms with Crippen molar-refractivity contribution in [2.45, 2.75) is 45.9 Å². The lowest BCUT2D eigenvalue weighted by atomic mass is 10.0. The summed E-state index contributed by atoms with van der Waals surface area (Å²) in [4.78, 5) is 18.0. The summed E-state index contributed by atoms with van der Waals surface area (Å²) >= 11 is 5.74. The van der Waals surface area contributed by atoms with E-state index in [9.17, 15) is 4.79 Å². The molecular formula is C25H29N3O2S. The molecule has 31 heavy (non-hydrogen) atoms. The highest BCUT2D eigenvalue weighted by Gasteiger charge is 2.22. The second-order valence-corrected chi connectivity index (χ2v) is 8.71. The molecule has 0 unspecified atom stereocenters. The zero-order valence-electron chi connectivity index (χ0n) is 18.1. The summed E-state index contributed by atoms with van der Waals surface area (Å²) in [5.41, 5.74) is 4.97. The lowest BCUT2D eigenvalue weighted by Gasteiger charge is -2.28. The molecule has 2 heterocycles. The minimum Gasteiger partial charge on any atom is -0.376 e. The van der Waals surface area contributed by atoms with Crippen molar-refractivity contribution in [1.82, 2.24) is 15.2 Å². The van der Waals surface area contributed by atoms with Crippen LogP contribution in [0.4, 0.5) is 0 Å². The van der Waals surface area contributed by atoms with Crippen molar-refractivity contribution >= 4 is 28.2 Å². The van der Waals surface area contributed by atoms with Crippen LogP contribution in [0.1, 0.15) is 35.1 Å². The number of aromatic nitrogens is 1. The third-order valence-corrected chi connectivity index (χ3v) is 6.18. The molecular weight excluding hydrogens is 406 g/mol. The van der Waals surface area contributed by atoms with Gasteiger partial charge in [-0.05, 0) is 67.7 Å². The highest BCUT2D eigenvalue weighted by atomic mass is 32.1. The first-order chi connectivity index (χ1) is 15.0. The normalized spacial score (nSPS) is 15.9. The zero-order valence-corrected chi connectivity index (χ0v) is 18.9. The van der Waals surface area contributed by atoms with Crippen LogP contribution in [0.2, 0.25) is 0 Å². The van der Waals surface area contributed by atoms with Gasteiger partial charge in [-0.25, -0.2) is 0 Å². The minimum atomic E-state index is -0.0688. The number of aryl methyl sites for hydroxylation is 2. The molecule has 0 amide bonds. The lowest BCUT2D eigenvalue weighted by molar-refractivity contribution is 0.0896. The number of benzene rings is 2. The van der Waals surface area contributed by atoms with Crippen LogP contribution in [0.25, 0.3) is 10.9 Å². The van der Waals surface area contributed by atoms with Crippen LogP contribution in [0.15, 0.2) is 53.3 Å². The predicted molar refractivity (Wildman–Crippen MR) is 129 cm³/mol. The molecule has 162 valence electrons. The van der Waals surface area contributed by atoms with Crippen molar-refractivity contribution in [3.05, 3.63) is 81.1 Å². The van der Waals surface area contributed by atoms with Gasteiger partial charge in [-0.2, -0.15) is 0 Å². The maximum atomic E-state index is 12.9. The molecule has 0 saturated carbocycles. The van der Waals surface area contributed by atoms with E-state index in [0.29, 0.717) is 30.3 Å². The first kappa shape index (κ1) is 21.5. The number of ether oxygens (including phenoxy) is 1. The topological polar surface area (TPSA) is 57.4 Å². The zero-order chi connectivity index (χ0) is 21.8. The number of nitrogens with one attached hydrogen (secondary N) is 2. The highest BCUT2D eigenvalue weighted by molar-refractivity contribution is 7.80. The Morgan fingerprint density at radius 3 is 2.77 bits per heavy atom. The average Bonchev–Trinajstić information content (AvgIpc) is 3.26. The third kappa shape index (κ3) is 5.32. The van der Waals surface area contributed by atoms with E-state index in [1.807, 2.05) is 37.3 Å². The van der Waals surface area contributed by atoms with Crippen molar-refractivity contribution in [1.29, 1.82) is 0 Å². The van der Waals surface area contributed by atoms with Gasteiger partial charge in [0.2, 0.25) is 0 Å². The van der Waals surface area contributed by atoms with Crippen LogP contribution in [0.5, 0.6) is 0 Å². The van der Waals surface area contributed by atoms with Crippen molar-refractivity contribution in [2.75, 3.05) is 13.2 Å². The fraction of sp³-hybridized carbons (Fsp3) is 0.360. The van der Waals surface area contributed by atoms with Crippen molar-refractivity contribution in [3.8, 4) is 0 Å². The van der Waals surface area contributed by atoms with Crippen LogP contribution in [-0.2, 0) is 17.8 Å². The van der Waals surface area contributed by atoms with Gasteiger partial charge in [-0.3, -0.25) is 4.79 Å². The number of rotatable bonds is 6. The molecule has 3 aromatic rings. The van der Waals surface area contributed by atoms with Gasteiger partial charge in [0, 0.05) is 36.2 Å². The summed E-state index contributed by atoms with van der Waals surface area (Å²) in [6.07, 6.45) is 2.22. The molecule has 1 atom stereocenters. The number of pyridine rings is 1. The molecule has 6 heteroatoms. The van der Waals surface area contributed by atoms with Gasteiger partial charge >= 0.3 is 0 Å². The van der Waals surface area contributed by atoms with E-state index in [2.05, 4.69) is 40.3 Å². The SMILES string of the molecule is Cc1cc(C)c2cc(CN(C[C@H]3CCCO3)C(=S)NCc3ccccc3)c(=O)[nH]c2c1. The third-order valence-electron chi connectivity index (χ3n) is 5.77. The molecule has 0 bridgehead atoms. The van der Waals surface area contributed by atoms with Gasteiger partial charge in [0.1, 0.15) is 0 Å². The van der Waals surface area contributed by atoms with Crippen LogP contribution in [0, 0.1) is 13.8 Å². The Balaban J connectivity index is 1.57. The molecule has 1 aromatic heterocycles. The molecule has 4 rings (SSSR count). The summed E-state index contributed by atoms with van der Waals surface area (Å²) in [6.45, 7) is 6.67. The van der Waals surface area contributed by atoms with Crippen molar-refractivity contribution < 1.29 is 4.74 Å². The fourth-order valence-corrected chi connectivity index (χ4v) is 4.39. The van der Waals surface area contributed by atoms with E-state index in [1.54, 1.807) is 0 Å². The van der Waals surface area contributed by atoms with Crippen LogP contribution in [0.3, 0.4) is 0 Å². The Hall–Kier alpha value is -2.70. The number of thiocarbonyl (C=S) groups is 1. The Kier molecular flexibility index (Phi) is 6.68. The van der Waals surface area contributed by atoms with Gasteiger partial charge in [0.05, 0.1) is 12.6 Å². The first-order valence-corrected chi connectivity index (χ1v) is 11.2. The van der Waals surface area contributed by atoms with E-state index in [4.69, 9.17) is 17.0 Å². The predicted octanol–water partition coefficient (Wildman–Crippen LogP) is 4.20. The van der Waals surface area contributed by atoms with Crippen LogP contribution in [-0.4, -0.2) is 34.3 Å². The molecule has 0 aliphatic carbocycles. The fourth-order valence-electron chi connectivity index (χ4n) is 4.18. The monoisotopic (exact) mass is 435 g/mol. The minimum absolute atomic E-state index is 0.0688. The Bertz CT molecular complexity index is 1120. The number of hydrogen-bond acceptors (Lipinski definition) is 3. The number of nitrogens with zero attached hydrogens (tertiary/aromatic N) is 1. The molecule has 2 aromatic carbocycles. The van der Waals surface area contributed by atoms with Crippen LogP contribution < -0.4 is 10.9 Å². The average molecular weight is 436 g/mol. The van der Waals surface area contributed by atoms with E-state index < -0.39 is 0 Å². The van der Waals surface area contributed by atoms with E-state index in [-0.39, 0.29) is 11.7 Å². The van der Waals surface area contributed by atoms with Gasteiger partial charge in [0.15, 0.2) is 5.11 Å². The standard InChI is InChI=1S/C25H29N3O2S/c1-17-11-18(2)22-13-20(24(29)27-23(22)12-17)15-28(16-21-9-6-10-30-21)25(31)26-14-19-7-4-3-5-8-19/h3-5,7-8,11-13,21H,6,9-10,14-16H2,1-2H3,(H,26,31)(H,27,29)/t21-/m1/s1. The summed E-state index contributed by atoms with van der Waals surface area (Å²) in [7, 11) is 0. The summed E-state index contributed by atoms with van der Waals surface area (Å²) in [5.74, 6) is 0. The quantitative estimate of drug-likeness (QED) is 0.569. The number of H-pyrrole nitrogens is 1. The van der Waals surface area contributed by atoms with Crippen molar-refractivity contribution in [2.24, 2.45) is 0 Å². The maximum absolute atomic E-state index is 12.9. The van der Waals surface area contributed by atoms with Gasteiger partial charge < -0.3 is 19.9 Å². The Labute approximate surface area is 188 Å². The second-order valence-electron chi connectivity index (χ2n) is 8.33. The van der Waals surface area contributed by atoms with Gasteiger partial charge in [-0.1, -0.05) is 36.4 Å².